The average molecular weight is 342 g/mol. The van der Waals surface area contributed by atoms with Crippen LogP contribution in [0.5, 0.6) is 0 Å². The first kappa shape index (κ1) is 12.2. The summed E-state index contributed by atoms with van der Waals surface area (Å²) in [7, 11) is -3.36. The number of halogens is 1. The van der Waals surface area contributed by atoms with E-state index in [0.29, 0.717) is 3.57 Å². The zero-order chi connectivity index (χ0) is 11.6. The molecule has 0 saturated carbocycles. The summed E-state index contributed by atoms with van der Waals surface area (Å²) in [6.07, 6.45) is 0.990. The van der Waals surface area contributed by atoms with Gasteiger partial charge >= 0.3 is 6.09 Å². The van der Waals surface area contributed by atoms with Crippen LogP contribution in [0.15, 0.2) is 17.3 Å². The molecule has 0 aliphatic rings. The van der Waals surface area contributed by atoms with E-state index in [-0.39, 0.29) is 10.7 Å². The van der Waals surface area contributed by atoms with Crippen LogP contribution in [0.1, 0.15) is 0 Å². The van der Waals surface area contributed by atoms with Gasteiger partial charge in [-0.3, -0.25) is 5.32 Å². The van der Waals surface area contributed by atoms with Crippen LogP contribution >= 0.6 is 22.6 Å². The lowest BCUT2D eigenvalue weighted by molar-refractivity contribution is 0.209. The van der Waals surface area contributed by atoms with Crippen LogP contribution in [0.2, 0.25) is 0 Å². The third-order valence-corrected chi connectivity index (χ3v) is 3.33. The number of carboxylic acid groups (broad SMARTS) is 1. The second kappa shape index (κ2) is 4.31. The quantitative estimate of drug-likeness (QED) is 0.787. The van der Waals surface area contributed by atoms with Crippen molar-refractivity contribution in [2.24, 2.45) is 0 Å². The Labute approximate surface area is 99.8 Å². The second-order valence-electron chi connectivity index (χ2n) is 2.70. The summed E-state index contributed by atoms with van der Waals surface area (Å²) in [4.78, 5) is 14.0. The molecule has 1 rings (SSSR count). The number of nitrogens with one attached hydrogen (secondary N) is 1. The van der Waals surface area contributed by atoms with Crippen LogP contribution in [0, 0.1) is 3.57 Å². The van der Waals surface area contributed by atoms with E-state index in [1.807, 2.05) is 22.6 Å². The molecular weight excluding hydrogens is 335 g/mol. The van der Waals surface area contributed by atoms with Gasteiger partial charge < -0.3 is 5.11 Å². The summed E-state index contributed by atoms with van der Waals surface area (Å²) in [6, 6.07) is 1.31. The first-order valence-electron chi connectivity index (χ1n) is 3.66. The molecule has 0 fully saturated rings. The van der Waals surface area contributed by atoms with Crippen molar-refractivity contribution in [1.82, 2.24) is 4.98 Å². The molecule has 1 aromatic heterocycles. The lowest BCUT2D eigenvalue weighted by Crippen LogP contribution is -2.10. The largest absolute Gasteiger partial charge is 0.465 e. The summed E-state index contributed by atoms with van der Waals surface area (Å²) >= 11 is 1.83. The maximum Gasteiger partial charge on any atom is 0.409 e. The average Bonchev–Trinajstić information content (AvgIpc) is 2.05. The molecule has 8 heteroatoms. The number of sulfone groups is 1. The normalized spacial score (nSPS) is 11.1. The first-order valence-corrected chi connectivity index (χ1v) is 6.63. The highest BCUT2D eigenvalue weighted by Crippen LogP contribution is 2.19. The zero-order valence-corrected chi connectivity index (χ0v) is 10.5. The van der Waals surface area contributed by atoms with Crippen molar-refractivity contribution < 1.29 is 18.3 Å². The molecule has 2 N–H and O–H groups in total. The monoisotopic (exact) mass is 342 g/mol. The fraction of sp³-hybridized carbons (Fsp3) is 0.143. The summed E-state index contributed by atoms with van der Waals surface area (Å²) in [5.41, 5.74) is 0.260. The van der Waals surface area contributed by atoms with Crippen LogP contribution in [0.25, 0.3) is 0 Å². The molecule has 15 heavy (non-hydrogen) atoms. The predicted octanol–water partition coefficient (Wildman–Crippen LogP) is 1.18. The third-order valence-electron chi connectivity index (χ3n) is 1.45. The number of anilines is 1. The molecule has 0 radical (unpaired) electrons. The number of nitrogens with zero attached hydrogens (tertiary/aromatic N) is 1. The van der Waals surface area contributed by atoms with E-state index >= 15 is 0 Å². The van der Waals surface area contributed by atoms with Crippen molar-refractivity contribution in [2.75, 3.05) is 11.6 Å². The van der Waals surface area contributed by atoms with Gasteiger partial charge in [-0.05, 0) is 28.7 Å². The van der Waals surface area contributed by atoms with E-state index in [9.17, 15) is 13.2 Å². The van der Waals surface area contributed by atoms with Crippen molar-refractivity contribution in [3.63, 3.8) is 0 Å². The molecule has 1 heterocycles. The molecule has 0 spiro atoms. The van der Waals surface area contributed by atoms with Gasteiger partial charge in [-0.2, -0.15) is 0 Å². The fourth-order valence-electron chi connectivity index (χ4n) is 0.823. The lowest BCUT2D eigenvalue weighted by Gasteiger charge is -2.04. The molecule has 1 amide bonds. The number of hydrogen-bond donors (Lipinski definition) is 2. The Balaban J connectivity index is 3.15. The van der Waals surface area contributed by atoms with Crippen LogP contribution in [-0.4, -0.2) is 30.9 Å². The highest BCUT2D eigenvalue weighted by molar-refractivity contribution is 14.1. The Morgan fingerprint density at radius 3 is 2.60 bits per heavy atom. The van der Waals surface area contributed by atoms with E-state index in [1.165, 1.54) is 12.3 Å². The lowest BCUT2D eigenvalue weighted by atomic mass is 10.4. The van der Waals surface area contributed by atoms with Crippen molar-refractivity contribution in [1.29, 1.82) is 0 Å². The van der Waals surface area contributed by atoms with Gasteiger partial charge in [-0.25, -0.2) is 18.2 Å². The van der Waals surface area contributed by atoms with E-state index < -0.39 is 15.9 Å². The van der Waals surface area contributed by atoms with Crippen LogP contribution in [-0.2, 0) is 9.84 Å². The van der Waals surface area contributed by atoms with Gasteiger partial charge in [0.15, 0.2) is 14.9 Å². The molecule has 0 aliphatic carbocycles. The van der Waals surface area contributed by atoms with Gasteiger partial charge in [0.05, 0.1) is 11.9 Å². The molecule has 82 valence electrons. The maximum atomic E-state index is 11.1. The van der Waals surface area contributed by atoms with Gasteiger partial charge in [0.1, 0.15) is 0 Å². The fourth-order valence-corrected chi connectivity index (χ4v) is 2.18. The minimum atomic E-state index is -3.36. The van der Waals surface area contributed by atoms with Crippen LogP contribution in [0.4, 0.5) is 10.5 Å². The van der Waals surface area contributed by atoms with Crippen molar-refractivity contribution in [3.8, 4) is 0 Å². The molecule has 0 aromatic carbocycles. The smallest absolute Gasteiger partial charge is 0.409 e. The predicted molar refractivity (Wildman–Crippen MR) is 61.7 cm³/mol. The Morgan fingerprint density at radius 1 is 1.60 bits per heavy atom. The third kappa shape index (κ3) is 3.30. The highest BCUT2D eigenvalue weighted by Gasteiger charge is 2.12. The summed E-state index contributed by atoms with van der Waals surface area (Å²) in [6.45, 7) is 0. The summed E-state index contributed by atoms with van der Waals surface area (Å²) in [5, 5.41) is 10.5. The maximum absolute atomic E-state index is 11.1. The SMILES string of the molecule is CS(=O)(=O)c1cc(I)c(NC(=O)O)cn1. The number of hydrogen-bond acceptors (Lipinski definition) is 4. The minimum Gasteiger partial charge on any atom is -0.465 e. The zero-order valence-electron chi connectivity index (χ0n) is 7.56. The van der Waals surface area contributed by atoms with E-state index in [2.05, 4.69) is 10.3 Å². The summed E-state index contributed by atoms with van der Waals surface area (Å²) < 4.78 is 22.7. The van der Waals surface area contributed by atoms with Crippen molar-refractivity contribution in [2.45, 2.75) is 5.03 Å². The van der Waals surface area contributed by atoms with Gasteiger partial charge in [-0.15, -0.1) is 0 Å². The number of aromatic nitrogens is 1. The van der Waals surface area contributed by atoms with E-state index in [0.717, 1.165) is 6.26 Å². The Kier molecular flexibility index (Phi) is 3.50. The van der Waals surface area contributed by atoms with E-state index in [1.54, 1.807) is 0 Å². The Hall–Kier alpha value is -0.900. The van der Waals surface area contributed by atoms with Crippen molar-refractivity contribution in [3.05, 3.63) is 15.8 Å². The van der Waals surface area contributed by atoms with Crippen LogP contribution < -0.4 is 5.32 Å². The number of rotatable bonds is 2. The number of amides is 1. The van der Waals surface area contributed by atoms with Gasteiger partial charge in [0.2, 0.25) is 0 Å². The van der Waals surface area contributed by atoms with Gasteiger partial charge in [0.25, 0.3) is 0 Å². The topological polar surface area (TPSA) is 96.4 Å². The van der Waals surface area contributed by atoms with Gasteiger partial charge in [0, 0.05) is 9.83 Å². The standard InChI is InChI=1S/C7H7IN2O4S/c1-15(13,14)6-2-4(8)5(3-9-6)10-7(11)12/h2-3,10H,1H3,(H,11,12). The molecule has 0 saturated heterocycles. The van der Waals surface area contributed by atoms with Gasteiger partial charge in [-0.1, -0.05) is 0 Å². The molecule has 0 aliphatic heterocycles. The second-order valence-corrected chi connectivity index (χ2v) is 5.83. The minimum absolute atomic E-state index is 0.0807. The Bertz CT molecular complexity index is 500. The van der Waals surface area contributed by atoms with Crippen molar-refractivity contribution >= 4 is 44.2 Å². The number of carbonyl (C=O) groups is 1. The van der Waals surface area contributed by atoms with E-state index in [4.69, 9.17) is 5.11 Å². The molecular formula is C7H7IN2O4S. The molecule has 6 nitrogen and oxygen atoms in total. The first-order chi connectivity index (χ1) is 6.80. The Morgan fingerprint density at radius 2 is 2.20 bits per heavy atom. The van der Waals surface area contributed by atoms with Crippen LogP contribution in [0.3, 0.4) is 0 Å². The number of pyridine rings is 1. The molecule has 0 atom stereocenters. The molecule has 0 unspecified atom stereocenters. The molecule has 1 aromatic rings. The summed E-state index contributed by atoms with van der Waals surface area (Å²) in [5.74, 6) is 0. The highest BCUT2D eigenvalue weighted by atomic mass is 127. The molecule has 0 bridgehead atoms.